The quantitative estimate of drug-likeness (QED) is 0.182. The lowest BCUT2D eigenvalue weighted by molar-refractivity contribution is 0.0697. The van der Waals surface area contributed by atoms with Gasteiger partial charge in [0, 0.05) is 30.2 Å². The molecular formula is C33H28F3N3O4. The molecule has 6 rings (SSSR count). The Morgan fingerprint density at radius 3 is 2.53 bits per heavy atom. The van der Waals surface area contributed by atoms with E-state index in [0.717, 1.165) is 30.5 Å². The molecule has 5 aromatic rings. The van der Waals surface area contributed by atoms with Gasteiger partial charge in [-0.25, -0.2) is 27.9 Å². The van der Waals surface area contributed by atoms with Crippen LogP contribution in [0.2, 0.25) is 0 Å². The number of aromatic carboxylic acids is 1. The fourth-order valence-corrected chi connectivity index (χ4v) is 4.89. The van der Waals surface area contributed by atoms with Crippen LogP contribution < -0.4 is 4.74 Å². The summed E-state index contributed by atoms with van der Waals surface area (Å²) in [5.74, 6) is -2.20. The summed E-state index contributed by atoms with van der Waals surface area (Å²) >= 11 is 0. The van der Waals surface area contributed by atoms with Crippen molar-refractivity contribution < 1.29 is 32.5 Å². The van der Waals surface area contributed by atoms with Crippen molar-refractivity contribution in [3.63, 3.8) is 0 Å². The van der Waals surface area contributed by atoms with Gasteiger partial charge in [0.15, 0.2) is 0 Å². The van der Waals surface area contributed by atoms with Crippen LogP contribution in [0.4, 0.5) is 13.2 Å². The number of carboxylic acids is 1. The van der Waals surface area contributed by atoms with Crippen LogP contribution in [0.5, 0.6) is 5.88 Å². The van der Waals surface area contributed by atoms with Crippen molar-refractivity contribution in [2.75, 3.05) is 6.61 Å². The SMILES string of the molecule is Cc1ccc(COc2cccc(-c3cc(F)c(Cc4nc5ccc(C(=O)O)cc5n4CCOC4CC4)cc3F)n2)c(F)c1. The summed E-state index contributed by atoms with van der Waals surface area (Å²) in [4.78, 5) is 20.5. The number of hydrogen-bond acceptors (Lipinski definition) is 5. The van der Waals surface area contributed by atoms with Gasteiger partial charge in [0.1, 0.15) is 29.9 Å². The number of ether oxygens (including phenoxy) is 2. The summed E-state index contributed by atoms with van der Waals surface area (Å²) in [6.07, 6.45) is 2.22. The first kappa shape index (κ1) is 28.4. The van der Waals surface area contributed by atoms with Crippen LogP contribution >= 0.6 is 0 Å². The van der Waals surface area contributed by atoms with Crippen molar-refractivity contribution in [3.05, 3.63) is 112 Å². The van der Waals surface area contributed by atoms with E-state index in [1.54, 1.807) is 41.8 Å². The fourth-order valence-electron chi connectivity index (χ4n) is 4.89. The average molecular weight is 588 g/mol. The van der Waals surface area contributed by atoms with E-state index < -0.39 is 23.4 Å². The summed E-state index contributed by atoms with van der Waals surface area (Å²) in [6, 6.07) is 16.3. The van der Waals surface area contributed by atoms with Crippen molar-refractivity contribution >= 4 is 17.0 Å². The molecule has 1 saturated carbocycles. The van der Waals surface area contributed by atoms with Crippen molar-refractivity contribution in [1.82, 2.24) is 14.5 Å². The highest BCUT2D eigenvalue weighted by atomic mass is 19.1. The van der Waals surface area contributed by atoms with Gasteiger partial charge in [0.25, 0.3) is 0 Å². The monoisotopic (exact) mass is 587 g/mol. The molecule has 1 aliphatic rings. The van der Waals surface area contributed by atoms with Crippen LogP contribution in [0.3, 0.4) is 0 Å². The van der Waals surface area contributed by atoms with Crippen molar-refractivity contribution in [2.24, 2.45) is 0 Å². The number of pyridine rings is 1. The van der Waals surface area contributed by atoms with Crippen molar-refractivity contribution in [1.29, 1.82) is 0 Å². The number of imidazole rings is 1. The van der Waals surface area contributed by atoms with E-state index in [1.807, 2.05) is 0 Å². The maximum Gasteiger partial charge on any atom is 0.335 e. The molecule has 0 spiro atoms. The third kappa shape index (κ3) is 6.39. The first-order valence-corrected chi connectivity index (χ1v) is 13.9. The Morgan fingerprint density at radius 2 is 1.77 bits per heavy atom. The molecule has 220 valence electrons. The molecule has 0 atom stereocenters. The van der Waals surface area contributed by atoms with E-state index >= 15 is 8.78 Å². The van der Waals surface area contributed by atoms with Gasteiger partial charge < -0.3 is 19.1 Å². The number of nitrogens with zero attached hydrogens (tertiary/aromatic N) is 3. The molecule has 10 heteroatoms. The predicted octanol–water partition coefficient (Wildman–Crippen LogP) is 6.87. The third-order valence-corrected chi connectivity index (χ3v) is 7.34. The Labute approximate surface area is 245 Å². The van der Waals surface area contributed by atoms with Gasteiger partial charge in [0.05, 0.1) is 35.0 Å². The lowest BCUT2D eigenvalue weighted by Gasteiger charge is -2.12. The number of benzene rings is 3. The number of rotatable bonds is 11. The number of halogens is 3. The summed E-state index contributed by atoms with van der Waals surface area (Å²) in [5, 5.41) is 9.47. The minimum Gasteiger partial charge on any atom is -0.478 e. The van der Waals surface area contributed by atoms with Gasteiger partial charge in [0.2, 0.25) is 5.88 Å². The summed E-state index contributed by atoms with van der Waals surface area (Å²) in [7, 11) is 0. The van der Waals surface area contributed by atoms with Crippen LogP contribution in [0.1, 0.15) is 45.7 Å². The van der Waals surface area contributed by atoms with Gasteiger partial charge in [-0.05, 0) is 73.4 Å². The van der Waals surface area contributed by atoms with Gasteiger partial charge >= 0.3 is 5.97 Å². The lowest BCUT2D eigenvalue weighted by atomic mass is 10.0. The molecule has 0 saturated heterocycles. The molecule has 0 radical (unpaired) electrons. The second-order valence-electron chi connectivity index (χ2n) is 10.6. The normalized spacial score (nSPS) is 13.0. The smallest absolute Gasteiger partial charge is 0.335 e. The molecule has 0 amide bonds. The number of aryl methyl sites for hydroxylation is 1. The molecule has 7 nitrogen and oxygen atoms in total. The molecule has 0 bridgehead atoms. The summed E-state index contributed by atoms with van der Waals surface area (Å²) in [6.45, 7) is 2.49. The molecule has 1 fully saturated rings. The second-order valence-corrected chi connectivity index (χ2v) is 10.6. The maximum absolute atomic E-state index is 15.5. The standard InChI is InChI=1S/C33H28F3N3O4/c1-19-5-6-21(25(34)13-19)18-43-32-4-2-3-28(38-32)24-17-26(35)22(14-27(24)36)16-31-37-29-10-7-20(33(40)41)15-30(29)39(31)11-12-42-23-8-9-23/h2-7,10,13-15,17,23H,8-9,11-12,16,18H2,1H3,(H,40,41). The van der Waals surface area contributed by atoms with E-state index in [-0.39, 0.29) is 47.4 Å². The lowest BCUT2D eigenvalue weighted by Crippen LogP contribution is -2.11. The number of hydrogen-bond donors (Lipinski definition) is 1. The van der Waals surface area contributed by atoms with E-state index in [1.165, 1.54) is 24.3 Å². The highest BCUT2D eigenvalue weighted by molar-refractivity contribution is 5.92. The fraction of sp³-hybridized carbons (Fsp3) is 0.242. The molecule has 2 heterocycles. The maximum atomic E-state index is 15.5. The number of carboxylic acid groups (broad SMARTS) is 1. The number of carbonyl (C=O) groups is 1. The van der Waals surface area contributed by atoms with Gasteiger partial charge in [-0.1, -0.05) is 18.2 Å². The predicted molar refractivity (Wildman–Crippen MR) is 154 cm³/mol. The Kier molecular flexibility index (Phi) is 7.86. The Hall–Kier alpha value is -4.70. The topological polar surface area (TPSA) is 86.5 Å². The number of aromatic nitrogens is 3. The van der Waals surface area contributed by atoms with E-state index in [2.05, 4.69) is 9.97 Å². The van der Waals surface area contributed by atoms with Gasteiger partial charge in [-0.3, -0.25) is 0 Å². The largest absolute Gasteiger partial charge is 0.478 e. The van der Waals surface area contributed by atoms with Gasteiger partial charge in [-0.2, -0.15) is 0 Å². The molecular weight excluding hydrogens is 559 g/mol. The summed E-state index contributed by atoms with van der Waals surface area (Å²) < 4.78 is 58.3. The van der Waals surface area contributed by atoms with E-state index in [4.69, 9.17) is 9.47 Å². The zero-order chi connectivity index (χ0) is 30.1. The molecule has 3 aromatic carbocycles. The van der Waals surface area contributed by atoms with Crippen LogP contribution in [0, 0.1) is 24.4 Å². The first-order valence-electron chi connectivity index (χ1n) is 13.9. The van der Waals surface area contributed by atoms with Crippen molar-refractivity contribution in [3.8, 4) is 17.1 Å². The Bertz CT molecular complexity index is 1830. The molecule has 0 aliphatic heterocycles. The van der Waals surface area contributed by atoms with Crippen LogP contribution in [-0.4, -0.2) is 38.3 Å². The molecule has 1 aliphatic carbocycles. The van der Waals surface area contributed by atoms with Crippen molar-refractivity contribution in [2.45, 2.75) is 45.4 Å². The van der Waals surface area contributed by atoms with Crippen LogP contribution in [0.25, 0.3) is 22.3 Å². The molecule has 2 aromatic heterocycles. The van der Waals surface area contributed by atoms with Crippen LogP contribution in [0.15, 0.2) is 66.7 Å². The minimum absolute atomic E-state index is 0.0256. The highest BCUT2D eigenvalue weighted by Gasteiger charge is 2.23. The average Bonchev–Trinajstić information content (AvgIpc) is 3.75. The number of fused-ring (bicyclic) bond motifs is 1. The second kappa shape index (κ2) is 11.9. The van der Waals surface area contributed by atoms with E-state index in [9.17, 15) is 14.3 Å². The van der Waals surface area contributed by atoms with E-state index in [0.29, 0.717) is 35.6 Å². The Balaban J connectivity index is 1.25. The zero-order valence-corrected chi connectivity index (χ0v) is 23.3. The Morgan fingerprint density at radius 1 is 0.953 bits per heavy atom. The zero-order valence-electron chi connectivity index (χ0n) is 23.3. The van der Waals surface area contributed by atoms with Gasteiger partial charge in [-0.15, -0.1) is 0 Å². The highest BCUT2D eigenvalue weighted by Crippen LogP contribution is 2.29. The first-order chi connectivity index (χ1) is 20.7. The summed E-state index contributed by atoms with van der Waals surface area (Å²) in [5.41, 5.74) is 2.57. The molecule has 43 heavy (non-hydrogen) atoms. The minimum atomic E-state index is -1.07. The third-order valence-electron chi connectivity index (χ3n) is 7.34. The van der Waals surface area contributed by atoms with Crippen LogP contribution in [-0.2, 0) is 24.3 Å². The molecule has 0 unspecified atom stereocenters. The molecule has 1 N–H and O–H groups in total.